The molecule has 1 aromatic heterocycles. The molecule has 0 amide bonds. The summed E-state index contributed by atoms with van der Waals surface area (Å²) in [5.41, 5.74) is 6.28. The summed E-state index contributed by atoms with van der Waals surface area (Å²) >= 11 is 0. The minimum absolute atomic E-state index is 0.244. The van der Waals surface area contributed by atoms with Crippen molar-refractivity contribution in [1.29, 1.82) is 0 Å². The van der Waals surface area contributed by atoms with Gasteiger partial charge in [-0.1, -0.05) is 12.1 Å². The highest BCUT2D eigenvalue weighted by Crippen LogP contribution is 2.33. The van der Waals surface area contributed by atoms with Gasteiger partial charge in [-0.3, -0.25) is 4.98 Å². The standard InChI is InChI=1S/C17H13F3N2O/c18-17(19,20)11-5-7-13(8-6-11)23-16-9-12(10-21)22-15-4-2-1-3-14(15)16/h1-9H,10,21H2. The van der Waals surface area contributed by atoms with Crippen LogP contribution in [0.3, 0.4) is 0 Å². The lowest BCUT2D eigenvalue weighted by Crippen LogP contribution is -2.04. The number of hydrogen-bond acceptors (Lipinski definition) is 3. The fourth-order valence-corrected chi connectivity index (χ4v) is 2.22. The van der Waals surface area contributed by atoms with Crippen LogP contribution in [0.25, 0.3) is 10.9 Å². The number of benzene rings is 2. The molecule has 3 nitrogen and oxygen atoms in total. The molecule has 1 heterocycles. The van der Waals surface area contributed by atoms with Crippen molar-refractivity contribution in [3.8, 4) is 11.5 Å². The normalized spacial score (nSPS) is 11.7. The number of para-hydroxylation sites is 1. The second-order valence-corrected chi connectivity index (χ2v) is 4.96. The highest BCUT2D eigenvalue weighted by Gasteiger charge is 2.30. The fraction of sp³-hybridized carbons (Fsp3) is 0.118. The zero-order chi connectivity index (χ0) is 16.4. The highest BCUT2D eigenvalue weighted by atomic mass is 19.4. The molecule has 2 N–H and O–H groups in total. The Bertz CT molecular complexity index is 829. The molecule has 3 rings (SSSR count). The van der Waals surface area contributed by atoms with Crippen molar-refractivity contribution in [2.24, 2.45) is 5.73 Å². The van der Waals surface area contributed by atoms with Gasteiger partial charge in [0.15, 0.2) is 0 Å². The van der Waals surface area contributed by atoms with Crippen molar-refractivity contribution < 1.29 is 17.9 Å². The summed E-state index contributed by atoms with van der Waals surface area (Å²) < 4.78 is 43.5. The number of ether oxygens (including phenoxy) is 1. The molecule has 0 fully saturated rings. The Kier molecular flexibility index (Phi) is 3.92. The number of nitrogens with two attached hydrogens (primary N) is 1. The number of halogens is 3. The zero-order valence-corrected chi connectivity index (χ0v) is 12.0. The topological polar surface area (TPSA) is 48.1 Å². The van der Waals surface area contributed by atoms with E-state index >= 15 is 0 Å². The van der Waals surface area contributed by atoms with Crippen LogP contribution in [0.4, 0.5) is 13.2 Å². The van der Waals surface area contributed by atoms with Crippen molar-refractivity contribution in [2.45, 2.75) is 12.7 Å². The molecule has 0 aliphatic carbocycles. The van der Waals surface area contributed by atoms with Crippen molar-refractivity contribution in [3.05, 3.63) is 65.9 Å². The molecule has 6 heteroatoms. The van der Waals surface area contributed by atoms with Crippen LogP contribution in [0.2, 0.25) is 0 Å². The SMILES string of the molecule is NCc1cc(Oc2ccc(C(F)(F)F)cc2)c2ccccc2n1. The minimum atomic E-state index is -4.37. The fourth-order valence-electron chi connectivity index (χ4n) is 2.22. The maximum Gasteiger partial charge on any atom is 0.416 e. The molecular weight excluding hydrogens is 305 g/mol. The Labute approximate surface area is 130 Å². The van der Waals surface area contributed by atoms with Gasteiger partial charge in [0.25, 0.3) is 0 Å². The third-order valence-electron chi connectivity index (χ3n) is 3.35. The van der Waals surface area contributed by atoms with E-state index < -0.39 is 11.7 Å². The van der Waals surface area contributed by atoms with Crippen LogP contribution in [0.15, 0.2) is 54.6 Å². The lowest BCUT2D eigenvalue weighted by atomic mass is 10.1. The molecule has 118 valence electrons. The smallest absolute Gasteiger partial charge is 0.416 e. The van der Waals surface area contributed by atoms with Crippen molar-refractivity contribution >= 4 is 10.9 Å². The summed E-state index contributed by atoms with van der Waals surface area (Å²) in [4.78, 5) is 4.39. The van der Waals surface area contributed by atoms with Crippen LogP contribution in [0.1, 0.15) is 11.3 Å². The molecule has 0 radical (unpaired) electrons. The summed E-state index contributed by atoms with van der Waals surface area (Å²) in [7, 11) is 0. The van der Waals surface area contributed by atoms with E-state index in [4.69, 9.17) is 10.5 Å². The molecule has 3 aromatic rings. The largest absolute Gasteiger partial charge is 0.457 e. The van der Waals surface area contributed by atoms with Gasteiger partial charge in [-0.2, -0.15) is 13.2 Å². The van der Waals surface area contributed by atoms with E-state index in [0.29, 0.717) is 17.2 Å². The highest BCUT2D eigenvalue weighted by molar-refractivity contribution is 5.85. The molecule has 0 aliphatic rings. The van der Waals surface area contributed by atoms with Gasteiger partial charge in [-0.25, -0.2) is 0 Å². The van der Waals surface area contributed by atoms with Gasteiger partial charge in [0, 0.05) is 18.0 Å². The Morgan fingerprint density at radius 2 is 1.70 bits per heavy atom. The Morgan fingerprint density at radius 3 is 2.35 bits per heavy atom. The molecule has 0 spiro atoms. The first-order valence-electron chi connectivity index (χ1n) is 6.91. The Balaban J connectivity index is 1.98. The van der Waals surface area contributed by atoms with Gasteiger partial charge in [-0.15, -0.1) is 0 Å². The second-order valence-electron chi connectivity index (χ2n) is 4.96. The average molecular weight is 318 g/mol. The number of hydrogen-bond donors (Lipinski definition) is 1. The monoisotopic (exact) mass is 318 g/mol. The van der Waals surface area contributed by atoms with Gasteiger partial charge in [0.05, 0.1) is 16.8 Å². The van der Waals surface area contributed by atoms with Crippen LogP contribution in [0, 0.1) is 0 Å². The first kappa shape index (κ1) is 15.3. The van der Waals surface area contributed by atoms with Crippen LogP contribution in [-0.4, -0.2) is 4.98 Å². The lowest BCUT2D eigenvalue weighted by molar-refractivity contribution is -0.137. The van der Waals surface area contributed by atoms with Crippen molar-refractivity contribution in [2.75, 3.05) is 0 Å². The van der Waals surface area contributed by atoms with Gasteiger partial charge < -0.3 is 10.5 Å². The molecule has 0 bridgehead atoms. The van der Waals surface area contributed by atoms with Gasteiger partial charge in [0.2, 0.25) is 0 Å². The number of nitrogens with zero attached hydrogens (tertiary/aromatic N) is 1. The minimum Gasteiger partial charge on any atom is -0.457 e. The summed E-state index contributed by atoms with van der Waals surface area (Å²) in [6.45, 7) is 0.244. The summed E-state index contributed by atoms with van der Waals surface area (Å²) in [6.07, 6.45) is -4.37. The first-order chi connectivity index (χ1) is 11.0. The Hall–Kier alpha value is -2.60. The molecule has 0 unspecified atom stereocenters. The summed E-state index contributed by atoms with van der Waals surface area (Å²) in [5, 5.41) is 0.768. The van der Waals surface area contributed by atoms with Crippen molar-refractivity contribution in [1.82, 2.24) is 4.98 Å². The number of pyridine rings is 1. The summed E-state index contributed by atoms with van der Waals surface area (Å²) in [6, 6.07) is 13.6. The quantitative estimate of drug-likeness (QED) is 0.773. The second kappa shape index (κ2) is 5.89. The molecule has 23 heavy (non-hydrogen) atoms. The first-order valence-corrected chi connectivity index (χ1v) is 6.91. The third kappa shape index (κ3) is 3.27. The predicted molar refractivity (Wildman–Crippen MR) is 81.2 cm³/mol. The molecule has 0 aliphatic heterocycles. The zero-order valence-electron chi connectivity index (χ0n) is 12.0. The van der Waals surface area contributed by atoms with E-state index in [-0.39, 0.29) is 6.54 Å². The molecular formula is C17H13F3N2O. The van der Waals surface area contributed by atoms with Crippen LogP contribution >= 0.6 is 0 Å². The molecule has 0 atom stereocenters. The average Bonchev–Trinajstić information content (AvgIpc) is 2.54. The van der Waals surface area contributed by atoms with E-state index in [9.17, 15) is 13.2 Å². The van der Waals surface area contributed by atoms with Gasteiger partial charge >= 0.3 is 6.18 Å². The van der Waals surface area contributed by atoms with Gasteiger partial charge in [0.1, 0.15) is 11.5 Å². The number of fused-ring (bicyclic) bond motifs is 1. The van der Waals surface area contributed by atoms with E-state index in [2.05, 4.69) is 4.98 Å². The van der Waals surface area contributed by atoms with Crippen LogP contribution in [0.5, 0.6) is 11.5 Å². The maximum atomic E-state index is 12.6. The summed E-state index contributed by atoms with van der Waals surface area (Å²) in [5.74, 6) is 0.827. The predicted octanol–water partition coefficient (Wildman–Crippen LogP) is 4.50. The number of aromatic nitrogens is 1. The lowest BCUT2D eigenvalue weighted by Gasteiger charge is -2.12. The van der Waals surface area contributed by atoms with E-state index in [1.807, 2.05) is 24.3 Å². The molecule has 0 saturated carbocycles. The molecule has 2 aromatic carbocycles. The maximum absolute atomic E-state index is 12.6. The van der Waals surface area contributed by atoms with Crippen molar-refractivity contribution in [3.63, 3.8) is 0 Å². The van der Waals surface area contributed by atoms with E-state index in [0.717, 1.165) is 23.0 Å². The molecule has 0 saturated heterocycles. The van der Waals surface area contributed by atoms with E-state index in [1.54, 1.807) is 6.07 Å². The number of rotatable bonds is 3. The number of alkyl halides is 3. The van der Waals surface area contributed by atoms with Crippen LogP contribution < -0.4 is 10.5 Å². The Morgan fingerprint density at radius 1 is 1.00 bits per heavy atom. The van der Waals surface area contributed by atoms with Crippen LogP contribution in [-0.2, 0) is 12.7 Å². The van der Waals surface area contributed by atoms with E-state index in [1.165, 1.54) is 12.1 Å². The van der Waals surface area contributed by atoms with Gasteiger partial charge in [-0.05, 0) is 36.4 Å². The third-order valence-corrected chi connectivity index (χ3v) is 3.35.